The van der Waals surface area contributed by atoms with Gasteiger partial charge in [-0.1, -0.05) is 12.1 Å². The van der Waals surface area contributed by atoms with Crippen LogP contribution in [-0.4, -0.2) is 37.5 Å². The molecule has 1 aromatic heterocycles. The molecule has 0 fully saturated rings. The summed E-state index contributed by atoms with van der Waals surface area (Å²) >= 11 is 1.34. The largest absolute Gasteiger partial charge is 0.482 e. The van der Waals surface area contributed by atoms with Gasteiger partial charge >= 0.3 is 5.97 Å². The molecule has 0 aliphatic carbocycles. The highest BCUT2D eigenvalue weighted by Crippen LogP contribution is 2.17. The Balaban J connectivity index is 1.75. The van der Waals surface area contributed by atoms with Gasteiger partial charge in [0, 0.05) is 24.7 Å². The van der Waals surface area contributed by atoms with Crippen molar-refractivity contribution in [2.75, 3.05) is 25.1 Å². The molecule has 2 N–H and O–H groups in total. The van der Waals surface area contributed by atoms with Crippen molar-refractivity contribution in [3.8, 4) is 5.75 Å². The Labute approximate surface area is 155 Å². The van der Waals surface area contributed by atoms with E-state index in [9.17, 15) is 14.4 Å². The van der Waals surface area contributed by atoms with Crippen LogP contribution in [0.1, 0.15) is 23.0 Å². The Bertz CT molecular complexity index is 746. The lowest BCUT2D eigenvalue weighted by Crippen LogP contribution is -2.27. The van der Waals surface area contributed by atoms with Crippen molar-refractivity contribution in [3.63, 3.8) is 0 Å². The Kier molecular flexibility index (Phi) is 7.63. The number of thiophene rings is 1. The molecule has 1 aromatic carbocycles. The molecule has 2 rings (SSSR count). The SMILES string of the molecule is CCOC(=O)COc1cccc(NC(=O)CCNC(=O)c2cccs2)c1. The van der Waals surface area contributed by atoms with Crippen molar-refractivity contribution < 1.29 is 23.9 Å². The van der Waals surface area contributed by atoms with Gasteiger partial charge in [0.25, 0.3) is 5.91 Å². The molecule has 2 aromatic rings. The van der Waals surface area contributed by atoms with E-state index in [1.54, 1.807) is 43.3 Å². The number of anilines is 1. The van der Waals surface area contributed by atoms with Crippen LogP contribution in [0.3, 0.4) is 0 Å². The van der Waals surface area contributed by atoms with Crippen LogP contribution in [0, 0.1) is 0 Å². The van der Waals surface area contributed by atoms with Crippen molar-refractivity contribution >= 4 is 34.8 Å². The summed E-state index contributed by atoms with van der Waals surface area (Å²) < 4.78 is 10.1. The van der Waals surface area contributed by atoms with Gasteiger partial charge in [0.15, 0.2) is 6.61 Å². The van der Waals surface area contributed by atoms with Crippen molar-refractivity contribution in [1.29, 1.82) is 0 Å². The zero-order chi connectivity index (χ0) is 18.8. The second-order valence-corrected chi connectivity index (χ2v) is 6.10. The minimum Gasteiger partial charge on any atom is -0.482 e. The first kappa shape index (κ1) is 19.5. The third-order valence-electron chi connectivity index (χ3n) is 3.16. The monoisotopic (exact) mass is 376 g/mol. The first-order valence-electron chi connectivity index (χ1n) is 8.08. The number of carbonyl (C=O) groups excluding carboxylic acids is 3. The van der Waals surface area contributed by atoms with Crippen LogP contribution in [0.5, 0.6) is 5.75 Å². The van der Waals surface area contributed by atoms with Crippen LogP contribution < -0.4 is 15.4 Å². The summed E-state index contributed by atoms with van der Waals surface area (Å²) in [5, 5.41) is 7.23. The number of hydrogen-bond donors (Lipinski definition) is 2. The first-order chi connectivity index (χ1) is 12.6. The third kappa shape index (κ3) is 6.56. The molecule has 0 radical (unpaired) electrons. The molecule has 0 atom stereocenters. The fraction of sp³-hybridized carbons (Fsp3) is 0.278. The molecular formula is C18H20N2O5S. The van der Waals surface area contributed by atoms with E-state index in [0.717, 1.165) is 0 Å². The number of amides is 2. The minimum atomic E-state index is -0.455. The van der Waals surface area contributed by atoms with E-state index in [1.807, 2.05) is 5.38 Å². The lowest BCUT2D eigenvalue weighted by atomic mass is 10.3. The molecule has 1 heterocycles. The fourth-order valence-electron chi connectivity index (χ4n) is 2.02. The molecule has 0 aliphatic rings. The number of nitrogens with one attached hydrogen (secondary N) is 2. The van der Waals surface area contributed by atoms with E-state index < -0.39 is 5.97 Å². The summed E-state index contributed by atoms with van der Waals surface area (Å²) in [6, 6.07) is 10.2. The average molecular weight is 376 g/mol. The van der Waals surface area contributed by atoms with E-state index in [-0.39, 0.29) is 31.4 Å². The van der Waals surface area contributed by atoms with E-state index in [2.05, 4.69) is 10.6 Å². The van der Waals surface area contributed by atoms with E-state index in [1.165, 1.54) is 11.3 Å². The molecule has 138 valence electrons. The van der Waals surface area contributed by atoms with Gasteiger partial charge < -0.3 is 20.1 Å². The van der Waals surface area contributed by atoms with Gasteiger partial charge in [0.2, 0.25) is 5.91 Å². The number of carbonyl (C=O) groups is 3. The summed E-state index contributed by atoms with van der Waals surface area (Å²) in [4.78, 5) is 35.6. The molecule has 0 bridgehead atoms. The van der Waals surface area contributed by atoms with Gasteiger partial charge in [0.05, 0.1) is 11.5 Å². The average Bonchev–Trinajstić information content (AvgIpc) is 3.15. The Morgan fingerprint density at radius 1 is 1.15 bits per heavy atom. The first-order valence-corrected chi connectivity index (χ1v) is 8.96. The number of esters is 1. The molecule has 8 heteroatoms. The molecule has 26 heavy (non-hydrogen) atoms. The van der Waals surface area contributed by atoms with E-state index >= 15 is 0 Å². The summed E-state index contributed by atoms with van der Waals surface area (Å²) in [6.07, 6.45) is 0.144. The minimum absolute atomic E-state index is 0.144. The zero-order valence-corrected chi connectivity index (χ0v) is 15.1. The summed E-state index contributed by atoms with van der Waals surface area (Å²) in [5.41, 5.74) is 0.543. The summed E-state index contributed by atoms with van der Waals surface area (Å²) in [6.45, 7) is 2.06. The smallest absolute Gasteiger partial charge is 0.344 e. The Morgan fingerprint density at radius 3 is 2.73 bits per heavy atom. The Morgan fingerprint density at radius 2 is 2.00 bits per heavy atom. The highest BCUT2D eigenvalue weighted by molar-refractivity contribution is 7.12. The summed E-state index contributed by atoms with van der Waals surface area (Å²) in [5.74, 6) is -0.438. The van der Waals surface area contributed by atoms with Gasteiger partial charge in [-0.3, -0.25) is 9.59 Å². The molecule has 2 amide bonds. The third-order valence-corrected chi connectivity index (χ3v) is 4.03. The molecule has 0 aliphatic heterocycles. The highest BCUT2D eigenvalue weighted by Gasteiger charge is 2.08. The van der Waals surface area contributed by atoms with Gasteiger partial charge in [-0.2, -0.15) is 0 Å². The van der Waals surface area contributed by atoms with Crippen molar-refractivity contribution in [3.05, 3.63) is 46.7 Å². The van der Waals surface area contributed by atoms with Crippen LogP contribution in [-0.2, 0) is 14.3 Å². The maximum atomic E-state index is 12.0. The molecule has 7 nitrogen and oxygen atoms in total. The normalized spacial score (nSPS) is 10.0. The lowest BCUT2D eigenvalue weighted by Gasteiger charge is -2.09. The Hall–Kier alpha value is -2.87. The van der Waals surface area contributed by atoms with Gasteiger partial charge in [-0.15, -0.1) is 11.3 Å². The maximum Gasteiger partial charge on any atom is 0.344 e. The van der Waals surface area contributed by atoms with Gasteiger partial charge in [0.1, 0.15) is 5.75 Å². The predicted octanol–water partition coefficient (Wildman–Crippen LogP) is 2.45. The van der Waals surface area contributed by atoms with Crippen molar-refractivity contribution in [2.45, 2.75) is 13.3 Å². The molecule has 0 unspecified atom stereocenters. The molecule has 0 saturated heterocycles. The molecule has 0 spiro atoms. The second kappa shape index (κ2) is 10.2. The van der Waals surface area contributed by atoms with Crippen LogP contribution in [0.25, 0.3) is 0 Å². The standard InChI is InChI=1S/C18H20N2O5S/c1-2-24-17(22)12-25-14-6-3-5-13(11-14)20-16(21)8-9-19-18(23)15-7-4-10-26-15/h3-7,10-11H,2,8-9,12H2,1H3,(H,19,23)(H,20,21). The van der Waals surface area contributed by atoms with Gasteiger partial charge in [-0.05, 0) is 30.5 Å². The molecular weight excluding hydrogens is 356 g/mol. The van der Waals surface area contributed by atoms with E-state index in [4.69, 9.17) is 9.47 Å². The number of ether oxygens (including phenoxy) is 2. The lowest BCUT2D eigenvalue weighted by molar-refractivity contribution is -0.145. The van der Waals surface area contributed by atoms with Crippen LogP contribution >= 0.6 is 11.3 Å². The summed E-state index contributed by atoms with van der Waals surface area (Å²) in [7, 11) is 0. The highest BCUT2D eigenvalue weighted by atomic mass is 32.1. The molecule has 0 saturated carbocycles. The fourth-order valence-corrected chi connectivity index (χ4v) is 2.66. The van der Waals surface area contributed by atoms with E-state index in [0.29, 0.717) is 22.9 Å². The van der Waals surface area contributed by atoms with Gasteiger partial charge in [-0.25, -0.2) is 4.79 Å². The van der Waals surface area contributed by atoms with Crippen LogP contribution in [0.2, 0.25) is 0 Å². The zero-order valence-electron chi connectivity index (χ0n) is 14.3. The predicted molar refractivity (Wildman–Crippen MR) is 98.5 cm³/mol. The quantitative estimate of drug-likeness (QED) is 0.656. The number of rotatable bonds is 9. The van der Waals surface area contributed by atoms with Crippen LogP contribution in [0.15, 0.2) is 41.8 Å². The van der Waals surface area contributed by atoms with Crippen LogP contribution in [0.4, 0.5) is 5.69 Å². The van der Waals surface area contributed by atoms with Crippen molar-refractivity contribution in [1.82, 2.24) is 5.32 Å². The van der Waals surface area contributed by atoms with Crippen molar-refractivity contribution in [2.24, 2.45) is 0 Å². The number of benzene rings is 1. The maximum absolute atomic E-state index is 12.0. The second-order valence-electron chi connectivity index (χ2n) is 5.15. The topological polar surface area (TPSA) is 93.7 Å². The number of hydrogen-bond acceptors (Lipinski definition) is 6.